The fourth-order valence-corrected chi connectivity index (χ4v) is 8.52. The van der Waals surface area contributed by atoms with Crippen molar-refractivity contribution in [2.45, 2.75) is 32.7 Å². The van der Waals surface area contributed by atoms with Crippen LogP contribution in [0.3, 0.4) is 0 Å². The molecule has 200 valence electrons. The normalized spacial score (nSPS) is 29.5. The Morgan fingerprint density at radius 3 is 1.94 bits per heavy atom. The van der Waals surface area contributed by atoms with Gasteiger partial charge >= 0.3 is 6.03 Å². The van der Waals surface area contributed by atoms with Gasteiger partial charge in [0.25, 0.3) is 0 Å². The van der Waals surface area contributed by atoms with Gasteiger partial charge in [0.1, 0.15) is 0 Å². The van der Waals surface area contributed by atoms with Gasteiger partial charge in [0.2, 0.25) is 0 Å². The summed E-state index contributed by atoms with van der Waals surface area (Å²) in [6.07, 6.45) is 2.15. The molecule has 2 bridgehead atoms. The Labute approximate surface area is 215 Å². The molecule has 4 fully saturated rings. The van der Waals surface area contributed by atoms with E-state index in [2.05, 4.69) is 47.9 Å². The van der Waals surface area contributed by atoms with Crippen LogP contribution in [0.5, 0.6) is 0 Å². The summed E-state index contributed by atoms with van der Waals surface area (Å²) in [6, 6.07) is 8.56. The molecule has 0 aliphatic carbocycles. The highest BCUT2D eigenvalue weighted by molar-refractivity contribution is 7.91. The maximum atomic E-state index is 13.5. The molecule has 0 aromatic heterocycles. The first-order chi connectivity index (χ1) is 16.9. The van der Waals surface area contributed by atoms with Gasteiger partial charge in [-0.05, 0) is 48.4 Å². The molecule has 9 nitrogen and oxygen atoms in total. The van der Waals surface area contributed by atoms with Crippen LogP contribution in [0.1, 0.15) is 26.7 Å². The second-order valence-electron chi connectivity index (χ2n) is 11.5. The smallest absolute Gasteiger partial charge is 0.320 e. The number of urea groups is 1. The van der Waals surface area contributed by atoms with Crippen molar-refractivity contribution in [1.82, 2.24) is 9.80 Å². The molecule has 1 aromatic rings. The summed E-state index contributed by atoms with van der Waals surface area (Å²) in [4.78, 5) is 21.7. The highest BCUT2D eigenvalue weighted by Crippen LogP contribution is 2.41. The maximum absolute atomic E-state index is 13.5. The van der Waals surface area contributed by atoms with Crippen LogP contribution in [0.2, 0.25) is 0 Å². The molecule has 2 amide bonds. The highest BCUT2D eigenvalue weighted by atomic mass is 32.2. The first-order valence-corrected chi connectivity index (χ1v) is 16.6. The number of benzene rings is 1. The van der Waals surface area contributed by atoms with Crippen LogP contribution in [-0.4, -0.2) is 108 Å². The molecule has 4 aliphatic heterocycles. The number of carbonyl (C=O) groups excluding carboxylic acids is 1. The van der Waals surface area contributed by atoms with Gasteiger partial charge < -0.3 is 19.6 Å². The van der Waals surface area contributed by atoms with Gasteiger partial charge in [0.15, 0.2) is 19.7 Å². The minimum absolute atomic E-state index is 0.0127. The molecule has 4 aliphatic rings. The van der Waals surface area contributed by atoms with Gasteiger partial charge in [0, 0.05) is 57.2 Å². The third-order valence-corrected chi connectivity index (χ3v) is 11.8. The van der Waals surface area contributed by atoms with Crippen molar-refractivity contribution < 1.29 is 21.6 Å². The topological polar surface area (TPSA) is 98.3 Å². The minimum atomic E-state index is -3.04. The number of nitrogens with zero attached hydrogens (tertiary/aromatic N) is 4. The summed E-state index contributed by atoms with van der Waals surface area (Å²) in [5.74, 6) is 0.844. The monoisotopic (exact) mass is 538 g/mol. The fourth-order valence-electron chi connectivity index (χ4n) is 6.12. The summed E-state index contributed by atoms with van der Waals surface area (Å²) in [6.45, 7) is 8.39. The van der Waals surface area contributed by atoms with Crippen LogP contribution >= 0.6 is 0 Å². The largest absolute Gasteiger partial charge is 0.369 e. The number of rotatable bonds is 2. The van der Waals surface area contributed by atoms with Gasteiger partial charge in [0.05, 0.1) is 29.1 Å². The maximum Gasteiger partial charge on any atom is 0.320 e. The van der Waals surface area contributed by atoms with Crippen molar-refractivity contribution in [3.63, 3.8) is 0 Å². The third-order valence-electron chi connectivity index (χ3n) is 8.58. The number of anilines is 2. The van der Waals surface area contributed by atoms with Crippen molar-refractivity contribution >= 4 is 37.1 Å². The predicted molar refractivity (Wildman–Crippen MR) is 142 cm³/mol. The van der Waals surface area contributed by atoms with E-state index >= 15 is 0 Å². The fraction of sp³-hybridized carbons (Fsp3) is 0.720. The Kier molecular flexibility index (Phi) is 6.68. The lowest BCUT2D eigenvalue weighted by molar-refractivity contribution is 0.125. The molecule has 2 unspecified atom stereocenters. The molecular formula is C25H38N4O5S2. The number of hydrogen-bond acceptors (Lipinski definition) is 7. The van der Waals surface area contributed by atoms with E-state index in [1.54, 1.807) is 4.90 Å². The number of hydrogen-bond donors (Lipinski definition) is 0. The molecule has 11 heteroatoms. The van der Waals surface area contributed by atoms with Crippen LogP contribution < -0.4 is 9.80 Å². The van der Waals surface area contributed by atoms with Crippen LogP contribution in [0, 0.1) is 11.3 Å². The van der Waals surface area contributed by atoms with Crippen molar-refractivity contribution in [3.05, 3.63) is 24.3 Å². The van der Waals surface area contributed by atoms with E-state index in [4.69, 9.17) is 0 Å². The average molecular weight is 539 g/mol. The summed E-state index contributed by atoms with van der Waals surface area (Å²) >= 11 is 0. The zero-order valence-electron chi connectivity index (χ0n) is 21.3. The van der Waals surface area contributed by atoms with Crippen molar-refractivity contribution in [1.29, 1.82) is 0 Å². The molecule has 0 spiro atoms. The van der Waals surface area contributed by atoms with Crippen molar-refractivity contribution in [2.75, 3.05) is 78.6 Å². The van der Waals surface area contributed by atoms with E-state index in [1.165, 1.54) is 0 Å². The van der Waals surface area contributed by atoms with Gasteiger partial charge in [-0.3, -0.25) is 0 Å². The zero-order chi connectivity index (χ0) is 25.7. The average Bonchev–Trinajstić information content (AvgIpc) is 3.10. The van der Waals surface area contributed by atoms with Crippen LogP contribution in [0.15, 0.2) is 24.3 Å². The zero-order valence-corrected chi connectivity index (χ0v) is 22.9. The van der Waals surface area contributed by atoms with Crippen LogP contribution in [-0.2, 0) is 19.7 Å². The number of carbonyl (C=O) groups is 1. The van der Waals surface area contributed by atoms with Crippen molar-refractivity contribution in [3.8, 4) is 0 Å². The van der Waals surface area contributed by atoms with Crippen LogP contribution in [0.4, 0.5) is 16.2 Å². The lowest BCUT2D eigenvalue weighted by Gasteiger charge is -2.44. The SMILES string of the molecule is CC1(C)CCC2CN(C(=O)N3CCS(=O)(=O)CC3)CC1N(c1ccc(N3CCS(=O)(=O)CC3)cc1)C2. The van der Waals surface area contributed by atoms with E-state index in [1.807, 2.05) is 4.90 Å². The predicted octanol–water partition coefficient (Wildman–Crippen LogP) is 1.70. The quantitative estimate of drug-likeness (QED) is 0.565. The van der Waals surface area contributed by atoms with E-state index in [0.29, 0.717) is 32.1 Å². The summed E-state index contributed by atoms with van der Waals surface area (Å²) in [5, 5.41) is 0. The molecule has 0 saturated carbocycles. The Balaban J connectivity index is 1.34. The molecule has 36 heavy (non-hydrogen) atoms. The molecule has 0 N–H and O–H groups in total. The Bertz CT molecular complexity index is 1170. The molecular weight excluding hydrogens is 500 g/mol. The van der Waals surface area contributed by atoms with Gasteiger partial charge in [-0.1, -0.05) is 13.8 Å². The third kappa shape index (κ3) is 5.32. The molecule has 1 aromatic carbocycles. The molecule has 2 atom stereocenters. The van der Waals surface area contributed by atoms with Gasteiger partial charge in [-0.15, -0.1) is 0 Å². The van der Waals surface area contributed by atoms with Crippen molar-refractivity contribution in [2.24, 2.45) is 11.3 Å². The molecule has 5 rings (SSSR count). The Hall–Kier alpha value is -2.01. The summed E-state index contributed by atoms with van der Waals surface area (Å²) < 4.78 is 47.3. The summed E-state index contributed by atoms with van der Waals surface area (Å²) in [7, 11) is -5.95. The Morgan fingerprint density at radius 1 is 0.778 bits per heavy atom. The Morgan fingerprint density at radius 2 is 1.33 bits per heavy atom. The second kappa shape index (κ2) is 9.38. The molecule has 4 heterocycles. The number of amides is 2. The number of likely N-dealkylation sites (tertiary alicyclic amines) is 1. The van der Waals surface area contributed by atoms with E-state index < -0.39 is 19.7 Å². The first kappa shape index (κ1) is 25.6. The standard InChI is InChI=1S/C25H38N4O5S2/c1-25(2)8-7-20-17-28(24(30)27-11-15-36(33,34)16-12-27)19-23(25)29(18-20)22-5-3-21(4-6-22)26-9-13-35(31,32)14-10-26/h3-6,20,23H,7-19H2,1-2H3. The van der Waals surface area contributed by atoms with Crippen LogP contribution in [0.25, 0.3) is 0 Å². The van der Waals surface area contributed by atoms with Gasteiger partial charge in [-0.25, -0.2) is 21.6 Å². The lowest BCUT2D eigenvalue weighted by atomic mass is 9.78. The number of fused-ring (bicyclic) bond motifs is 3. The summed E-state index contributed by atoms with van der Waals surface area (Å²) in [5.41, 5.74) is 2.19. The van der Waals surface area contributed by atoms with E-state index in [9.17, 15) is 21.6 Å². The lowest BCUT2D eigenvalue weighted by Crippen LogP contribution is -2.55. The van der Waals surface area contributed by atoms with E-state index in [0.717, 1.165) is 30.8 Å². The minimum Gasteiger partial charge on any atom is -0.369 e. The first-order valence-electron chi connectivity index (χ1n) is 13.0. The second-order valence-corrected chi connectivity index (χ2v) is 16.2. The molecule has 4 saturated heterocycles. The highest BCUT2D eigenvalue weighted by Gasteiger charge is 2.44. The number of sulfone groups is 2. The van der Waals surface area contributed by atoms with E-state index in [-0.39, 0.29) is 53.6 Å². The van der Waals surface area contributed by atoms with Gasteiger partial charge in [-0.2, -0.15) is 0 Å². The molecule has 0 radical (unpaired) electrons.